The number of carbonyl (C=O) groups is 1. The summed E-state index contributed by atoms with van der Waals surface area (Å²) < 4.78 is 30.0. The molecule has 4 heterocycles. The van der Waals surface area contributed by atoms with Gasteiger partial charge in [0.15, 0.2) is 0 Å². The summed E-state index contributed by atoms with van der Waals surface area (Å²) in [4.78, 5) is 30.1. The van der Waals surface area contributed by atoms with Gasteiger partial charge in [-0.2, -0.15) is 15.2 Å². The monoisotopic (exact) mass is 568 g/mol. The number of anilines is 2. The number of fused-ring (bicyclic) bond motifs is 2. The van der Waals surface area contributed by atoms with E-state index in [1.165, 1.54) is 27.3 Å². The maximum Gasteiger partial charge on any atom is 0.318 e. The van der Waals surface area contributed by atoms with E-state index < -0.39 is 6.98 Å². The number of benzene rings is 2. The standard InChI is InChI=1S/C33H39N7O2/c1-4-30(41)40-19-18-39(20-25(40)13-15-34)32-27-14-17-38(29-12-6-10-24-9-5-8-23(2)31(24)29)21-28(27)35-33(36-32)42-22-26-11-7-16-37(26)3/h4-6,8-10,12,25-26H,1,7,11,13-14,16-22H2,2-3H3/t25-,26-/m0/s1/i3D3. The van der Waals surface area contributed by atoms with E-state index in [1.807, 2.05) is 0 Å². The smallest absolute Gasteiger partial charge is 0.318 e. The van der Waals surface area contributed by atoms with Crippen LogP contribution in [0.4, 0.5) is 11.5 Å². The molecule has 1 aromatic heterocycles. The van der Waals surface area contributed by atoms with Crippen LogP contribution in [0.3, 0.4) is 0 Å². The largest absolute Gasteiger partial charge is 0.462 e. The first-order valence-corrected chi connectivity index (χ1v) is 14.8. The van der Waals surface area contributed by atoms with Gasteiger partial charge in [0.25, 0.3) is 0 Å². The van der Waals surface area contributed by atoms with Gasteiger partial charge in [0, 0.05) is 53.0 Å². The molecule has 0 unspecified atom stereocenters. The lowest BCUT2D eigenvalue weighted by Gasteiger charge is -2.42. The number of nitrogens with zero attached hydrogens (tertiary/aromatic N) is 7. The molecule has 0 bridgehead atoms. The van der Waals surface area contributed by atoms with Crippen LogP contribution >= 0.6 is 0 Å². The van der Waals surface area contributed by atoms with Crippen LogP contribution in [0.2, 0.25) is 0 Å². The summed E-state index contributed by atoms with van der Waals surface area (Å²) >= 11 is 0. The van der Waals surface area contributed by atoms with Gasteiger partial charge in [-0.1, -0.05) is 36.9 Å². The van der Waals surface area contributed by atoms with Gasteiger partial charge in [0.05, 0.1) is 30.8 Å². The molecule has 2 aromatic carbocycles. The fourth-order valence-corrected chi connectivity index (χ4v) is 6.60. The second-order valence-corrected chi connectivity index (χ2v) is 11.4. The Kier molecular flexibility index (Phi) is 6.97. The van der Waals surface area contributed by atoms with Crippen molar-refractivity contribution in [2.24, 2.45) is 0 Å². The number of likely N-dealkylation sites (N-methyl/N-ethyl adjacent to an activating group) is 1. The van der Waals surface area contributed by atoms with E-state index in [4.69, 9.17) is 18.8 Å². The van der Waals surface area contributed by atoms with Crippen molar-refractivity contribution in [1.29, 1.82) is 5.26 Å². The summed E-state index contributed by atoms with van der Waals surface area (Å²) in [6, 6.07) is 14.6. The molecular formula is C33H39N7O2. The second kappa shape index (κ2) is 12.0. The van der Waals surface area contributed by atoms with Crippen LogP contribution in [0.25, 0.3) is 10.8 Å². The van der Waals surface area contributed by atoms with Gasteiger partial charge in [-0.15, -0.1) is 0 Å². The summed E-state index contributed by atoms with van der Waals surface area (Å²) in [5.41, 5.74) is 4.28. The molecule has 3 aliphatic heterocycles. The molecule has 218 valence electrons. The summed E-state index contributed by atoms with van der Waals surface area (Å²) in [6.45, 7) is 7.08. The van der Waals surface area contributed by atoms with Gasteiger partial charge in [-0.25, -0.2) is 0 Å². The SMILES string of the molecule is [2H]C([2H])([2H])N1CCC[C@H]1COc1nc2c(c(N3CCN(C(=O)C=C)[C@@H](CC#N)C3)n1)CCN(c1cccc3cccc(C)c13)C2. The van der Waals surface area contributed by atoms with Crippen LogP contribution in [0, 0.1) is 18.3 Å². The first-order valence-electron chi connectivity index (χ1n) is 16.3. The van der Waals surface area contributed by atoms with Gasteiger partial charge in [0.1, 0.15) is 12.4 Å². The number of amides is 1. The molecule has 42 heavy (non-hydrogen) atoms. The summed E-state index contributed by atoms with van der Waals surface area (Å²) in [7, 11) is 0. The zero-order valence-corrected chi connectivity index (χ0v) is 24.1. The molecule has 0 saturated carbocycles. The van der Waals surface area contributed by atoms with Gasteiger partial charge in [-0.05, 0) is 62.8 Å². The Morgan fingerprint density at radius 1 is 1.17 bits per heavy atom. The number of piperazine rings is 1. The van der Waals surface area contributed by atoms with Gasteiger partial charge in [-0.3, -0.25) is 4.79 Å². The van der Waals surface area contributed by atoms with Crippen LogP contribution in [0.5, 0.6) is 6.01 Å². The summed E-state index contributed by atoms with van der Waals surface area (Å²) in [5.74, 6) is 0.580. The molecule has 3 aliphatic rings. The molecule has 0 aliphatic carbocycles. The topological polar surface area (TPSA) is 88.8 Å². The Hall–Kier alpha value is -4.16. The lowest BCUT2D eigenvalue weighted by Crippen LogP contribution is -2.55. The second-order valence-electron chi connectivity index (χ2n) is 11.4. The molecule has 2 atom stereocenters. The average molecular weight is 569 g/mol. The van der Waals surface area contributed by atoms with Gasteiger partial charge < -0.3 is 24.3 Å². The minimum Gasteiger partial charge on any atom is -0.462 e. The van der Waals surface area contributed by atoms with Crippen LogP contribution in [-0.4, -0.2) is 84.1 Å². The third kappa shape index (κ3) is 5.39. The van der Waals surface area contributed by atoms with E-state index >= 15 is 0 Å². The number of likely N-dealkylation sites (tertiary alicyclic amines) is 1. The fourth-order valence-electron chi connectivity index (χ4n) is 6.60. The molecular weight excluding hydrogens is 526 g/mol. The number of rotatable bonds is 7. The van der Waals surface area contributed by atoms with E-state index in [9.17, 15) is 10.1 Å². The molecule has 9 nitrogen and oxygen atoms in total. The minimum atomic E-state index is -2.18. The minimum absolute atomic E-state index is 0.181. The Morgan fingerprint density at radius 2 is 2.02 bits per heavy atom. The number of nitriles is 1. The van der Waals surface area contributed by atoms with Crippen molar-refractivity contribution in [3.8, 4) is 12.1 Å². The highest BCUT2D eigenvalue weighted by molar-refractivity contribution is 5.97. The Bertz CT molecular complexity index is 1630. The number of hydrogen-bond donors (Lipinski definition) is 0. The molecule has 0 spiro atoms. The van der Waals surface area contributed by atoms with Crippen LogP contribution in [-0.2, 0) is 17.8 Å². The molecule has 0 radical (unpaired) electrons. The zero-order valence-electron chi connectivity index (χ0n) is 27.1. The van der Waals surface area contributed by atoms with Gasteiger partial charge in [0.2, 0.25) is 5.91 Å². The highest BCUT2D eigenvalue weighted by atomic mass is 16.5. The first-order chi connectivity index (χ1) is 21.7. The number of aryl methyl sites for hydroxylation is 1. The average Bonchev–Trinajstić information content (AvgIpc) is 3.53. The highest BCUT2D eigenvalue weighted by Crippen LogP contribution is 2.36. The van der Waals surface area contributed by atoms with Crippen LogP contribution in [0.1, 0.15) is 40.2 Å². The lowest BCUT2D eigenvalue weighted by atomic mass is 9.99. The Balaban J connectivity index is 1.34. The van der Waals surface area contributed by atoms with E-state index in [1.54, 1.807) is 4.90 Å². The van der Waals surface area contributed by atoms with Crippen molar-refractivity contribution in [3.63, 3.8) is 0 Å². The first kappa shape index (κ1) is 24.4. The normalized spacial score (nSPS) is 22.2. The van der Waals surface area contributed by atoms with Crippen molar-refractivity contribution in [2.45, 2.75) is 51.2 Å². The molecule has 6 rings (SSSR count). The highest BCUT2D eigenvalue weighted by Gasteiger charge is 2.33. The number of ether oxygens (including phenoxy) is 1. The number of hydrogen-bond acceptors (Lipinski definition) is 8. The van der Waals surface area contributed by atoms with Crippen molar-refractivity contribution in [1.82, 2.24) is 19.8 Å². The van der Waals surface area contributed by atoms with Crippen molar-refractivity contribution >= 4 is 28.2 Å². The van der Waals surface area contributed by atoms with Crippen molar-refractivity contribution in [3.05, 3.63) is 65.9 Å². The molecule has 2 fully saturated rings. The van der Waals surface area contributed by atoms with E-state index in [2.05, 4.69) is 65.8 Å². The maximum absolute atomic E-state index is 12.6. The fraction of sp³-hybridized carbons (Fsp3) is 0.455. The van der Waals surface area contributed by atoms with Gasteiger partial charge >= 0.3 is 6.01 Å². The van der Waals surface area contributed by atoms with Crippen LogP contribution < -0.4 is 14.5 Å². The zero-order chi connectivity index (χ0) is 31.7. The van der Waals surface area contributed by atoms with Crippen molar-refractivity contribution < 1.29 is 13.6 Å². The van der Waals surface area contributed by atoms with E-state index in [0.717, 1.165) is 48.6 Å². The number of aromatic nitrogens is 2. The third-order valence-electron chi connectivity index (χ3n) is 8.80. The molecule has 9 heteroatoms. The van der Waals surface area contributed by atoms with E-state index in [-0.39, 0.29) is 37.0 Å². The Labute approximate surface area is 252 Å². The summed E-state index contributed by atoms with van der Waals surface area (Å²) in [6.07, 6.45) is 3.76. The van der Waals surface area contributed by atoms with Crippen LogP contribution in [0.15, 0.2) is 49.1 Å². The molecule has 2 saturated heterocycles. The number of carbonyl (C=O) groups excluding carboxylic acids is 1. The molecule has 1 amide bonds. The lowest BCUT2D eigenvalue weighted by molar-refractivity contribution is -0.128. The van der Waals surface area contributed by atoms with Crippen molar-refractivity contribution in [2.75, 3.05) is 56.1 Å². The predicted molar refractivity (Wildman–Crippen MR) is 165 cm³/mol. The quantitative estimate of drug-likeness (QED) is 0.394. The molecule has 3 aromatic rings. The molecule has 0 N–H and O–H groups in total. The third-order valence-corrected chi connectivity index (χ3v) is 8.80. The Morgan fingerprint density at radius 3 is 2.83 bits per heavy atom. The predicted octanol–water partition coefficient (Wildman–Crippen LogP) is 4.09. The maximum atomic E-state index is 12.6. The summed E-state index contributed by atoms with van der Waals surface area (Å²) in [5, 5.41) is 12.0. The van der Waals surface area contributed by atoms with E-state index in [0.29, 0.717) is 32.7 Å².